The van der Waals surface area contributed by atoms with Crippen molar-refractivity contribution in [1.82, 2.24) is 0 Å². The predicted molar refractivity (Wildman–Crippen MR) is 66.8 cm³/mol. The second-order valence-electron chi connectivity index (χ2n) is 3.82. The third-order valence-electron chi connectivity index (χ3n) is 2.30. The zero-order valence-electron chi connectivity index (χ0n) is 10.3. The second kappa shape index (κ2) is 6.78. The number of ether oxygens (including phenoxy) is 2. The molecule has 0 aliphatic rings. The van der Waals surface area contributed by atoms with Gasteiger partial charge in [-0.15, -0.1) is 0 Å². The van der Waals surface area contributed by atoms with E-state index in [2.05, 4.69) is 0 Å². The molecular formula is C13H19NO3. The molecule has 0 aliphatic carbocycles. The van der Waals surface area contributed by atoms with E-state index in [1.54, 1.807) is 25.1 Å². The Morgan fingerprint density at radius 1 is 1.41 bits per heavy atom. The molecule has 0 saturated carbocycles. The number of nitrogens with two attached hydrogens (primary N) is 1. The smallest absolute Gasteiger partial charge is 0.347 e. The Bertz CT molecular complexity index is 365. The van der Waals surface area contributed by atoms with Crippen LogP contribution in [0.15, 0.2) is 24.3 Å². The largest absolute Gasteiger partial charge is 0.477 e. The lowest BCUT2D eigenvalue weighted by Gasteiger charge is -2.15. The van der Waals surface area contributed by atoms with Crippen LogP contribution >= 0.6 is 0 Å². The summed E-state index contributed by atoms with van der Waals surface area (Å²) < 4.78 is 10.5. The van der Waals surface area contributed by atoms with Crippen LogP contribution in [0.25, 0.3) is 0 Å². The van der Waals surface area contributed by atoms with Crippen molar-refractivity contribution in [3.8, 4) is 5.75 Å². The number of carbonyl (C=O) groups is 1. The summed E-state index contributed by atoms with van der Waals surface area (Å²) in [5.74, 6) is 0.147. The van der Waals surface area contributed by atoms with Crippen LogP contribution in [0.2, 0.25) is 0 Å². The second-order valence-corrected chi connectivity index (χ2v) is 3.82. The molecule has 0 aromatic heterocycles. The highest BCUT2D eigenvalue weighted by Crippen LogP contribution is 2.21. The van der Waals surface area contributed by atoms with Gasteiger partial charge in [-0.25, -0.2) is 4.79 Å². The highest BCUT2D eigenvalue weighted by molar-refractivity contribution is 5.75. The summed E-state index contributed by atoms with van der Waals surface area (Å²) in [6, 6.07) is 7.07. The first-order chi connectivity index (χ1) is 8.15. The lowest BCUT2D eigenvalue weighted by Crippen LogP contribution is -2.26. The standard InChI is InChI=1S/C13H19NO3/c1-3-4-9-16-13(15)10(2)17-12-8-6-5-7-11(12)14/h5-8,10H,3-4,9,14H2,1-2H3. The predicted octanol–water partition coefficient (Wildman–Crippen LogP) is 2.38. The first-order valence-electron chi connectivity index (χ1n) is 5.83. The molecule has 4 nitrogen and oxygen atoms in total. The van der Waals surface area contributed by atoms with E-state index in [4.69, 9.17) is 15.2 Å². The maximum Gasteiger partial charge on any atom is 0.347 e. The topological polar surface area (TPSA) is 61.5 Å². The molecular weight excluding hydrogens is 218 g/mol. The summed E-state index contributed by atoms with van der Waals surface area (Å²) in [6.45, 7) is 4.13. The van der Waals surface area contributed by atoms with Crippen LogP contribution in [-0.4, -0.2) is 18.7 Å². The summed E-state index contributed by atoms with van der Waals surface area (Å²) >= 11 is 0. The molecule has 1 atom stereocenters. The molecule has 0 heterocycles. The van der Waals surface area contributed by atoms with Crippen LogP contribution in [-0.2, 0) is 9.53 Å². The Labute approximate surface area is 102 Å². The van der Waals surface area contributed by atoms with E-state index in [-0.39, 0.29) is 5.97 Å². The Kier molecular flexibility index (Phi) is 5.33. The van der Waals surface area contributed by atoms with Gasteiger partial charge in [-0.3, -0.25) is 0 Å². The minimum absolute atomic E-state index is 0.360. The van der Waals surface area contributed by atoms with Gasteiger partial charge in [-0.2, -0.15) is 0 Å². The van der Waals surface area contributed by atoms with E-state index >= 15 is 0 Å². The molecule has 0 bridgehead atoms. The number of carbonyl (C=O) groups excluding carboxylic acids is 1. The lowest BCUT2D eigenvalue weighted by atomic mass is 10.3. The fourth-order valence-electron chi connectivity index (χ4n) is 1.26. The van der Waals surface area contributed by atoms with Gasteiger partial charge in [-0.05, 0) is 25.5 Å². The number of benzene rings is 1. The summed E-state index contributed by atoms with van der Waals surface area (Å²) in [5.41, 5.74) is 6.23. The molecule has 1 aromatic carbocycles. The van der Waals surface area contributed by atoms with Crippen molar-refractivity contribution in [3.05, 3.63) is 24.3 Å². The number of rotatable bonds is 6. The van der Waals surface area contributed by atoms with Gasteiger partial charge >= 0.3 is 5.97 Å². The van der Waals surface area contributed by atoms with E-state index < -0.39 is 6.10 Å². The van der Waals surface area contributed by atoms with E-state index in [0.29, 0.717) is 18.0 Å². The molecule has 1 unspecified atom stereocenters. The van der Waals surface area contributed by atoms with E-state index in [1.807, 2.05) is 13.0 Å². The van der Waals surface area contributed by atoms with Crippen molar-refractivity contribution < 1.29 is 14.3 Å². The molecule has 17 heavy (non-hydrogen) atoms. The minimum Gasteiger partial charge on any atom is -0.477 e. The number of hydrogen-bond acceptors (Lipinski definition) is 4. The Balaban J connectivity index is 2.46. The molecule has 0 amide bonds. The normalized spacial score (nSPS) is 11.9. The van der Waals surface area contributed by atoms with E-state index in [9.17, 15) is 4.79 Å². The Hall–Kier alpha value is -1.71. The fraction of sp³-hybridized carbons (Fsp3) is 0.462. The first-order valence-corrected chi connectivity index (χ1v) is 5.83. The summed E-state index contributed by atoms with van der Waals surface area (Å²) in [6.07, 6.45) is 1.22. The van der Waals surface area contributed by atoms with Crippen LogP contribution < -0.4 is 10.5 Å². The molecule has 94 valence electrons. The quantitative estimate of drug-likeness (QED) is 0.469. The van der Waals surface area contributed by atoms with Crippen LogP contribution in [0.1, 0.15) is 26.7 Å². The van der Waals surface area contributed by atoms with Gasteiger partial charge in [0.1, 0.15) is 5.75 Å². The molecule has 1 aromatic rings. The molecule has 2 N–H and O–H groups in total. The van der Waals surface area contributed by atoms with Crippen molar-refractivity contribution in [2.45, 2.75) is 32.8 Å². The average Bonchev–Trinajstić information content (AvgIpc) is 2.32. The number of hydrogen-bond donors (Lipinski definition) is 1. The minimum atomic E-state index is -0.642. The maximum absolute atomic E-state index is 11.5. The van der Waals surface area contributed by atoms with Crippen molar-refractivity contribution in [2.24, 2.45) is 0 Å². The van der Waals surface area contributed by atoms with Gasteiger partial charge in [0, 0.05) is 0 Å². The molecule has 0 fully saturated rings. The van der Waals surface area contributed by atoms with Gasteiger partial charge in [0.25, 0.3) is 0 Å². The summed E-state index contributed by atoms with van der Waals surface area (Å²) in [4.78, 5) is 11.5. The van der Waals surface area contributed by atoms with E-state index in [0.717, 1.165) is 12.8 Å². The van der Waals surface area contributed by atoms with E-state index in [1.165, 1.54) is 0 Å². The molecule has 0 saturated heterocycles. The first kappa shape index (κ1) is 13.4. The van der Waals surface area contributed by atoms with Gasteiger partial charge in [0.15, 0.2) is 6.10 Å². The van der Waals surface area contributed by atoms with Crippen LogP contribution in [0, 0.1) is 0 Å². The number of nitrogen functional groups attached to an aromatic ring is 1. The lowest BCUT2D eigenvalue weighted by molar-refractivity contribution is -0.151. The number of anilines is 1. The monoisotopic (exact) mass is 237 g/mol. The van der Waals surface area contributed by atoms with Crippen LogP contribution in [0.3, 0.4) is 0 Å². The molecule has 4 heteroatoms. The number of para-hydroxylation sites is 2. The highest BCUT2D eigenvalue weighted by atomic mass is 16.6. The summed E-state index contributed by atoms with van der Waals surface area (Å²) in [5, 5.41) is 0. The van der Waals surface area contributed by atoms with Gasteiger partial charge in [0.2, 0.25) is 0 Å². The third kappa shape index (κ3) is 4.34. The Morgan fingerprint density at radius 3 is 2.76 bits per heavy atom. The van der Waals surface area contributed by atoms with Crippen molar-refractivity contribution >= 4 is 11.7 Å². The third-order valence-corrected chi connectivity index (χ3v) is 2.30. The van der Waals surface area contributed by atoms with Gasteiger partial charge in [-0.1, -0.05) is 25.5 Å². The molecule has 0 spiro atoms. The fourth-order valence-corrected chi connectivity index (χ4v) is 1.26. The zero-order chi connectivity index (χ0) is 12.7. The van der Waals surface area contributed by atoms with Crippen molar-refractivity contribution in [2.75, 3.05) is 12.3 Å². The van der Waals surface area contributed by atoms with Crippen molar-refractivity contribution in [1.29, 1.82) is 0 Å². The van der Waals surface area contributed by atoms with Crippen LogP contribution in [0.4, 0.5) is 5.69 Å². The van der Waals surface area contributed by atoms with Gasteiger partial charge < -0.3 is 15.2 Å². The summed E-state index contributed by atoms with van der Waals surface area (Å²) in [7, 11) is 0. The molecule has 0 aliphatic heterocycles. The number of unbranched alkanes of at least 4 members (excludes halogenated alkanes) is 1. The molecule has 0 radical (unpaired) electrons. The van der Waals surface area contributed by atoms with Crippen molar-refractivity contribution in [3.63, 3.8) is 0 Å². The average molecular weight is 237 g/mol. The Morgan fingerprint density at radius 2 is 2.12 bits per heavy atom. The molecule has 1 rings (SSSR count). The van der Waals surface area contributed by atoms with Crippen LogP contribution in [0.5, 0.6) is 5.75 Å². The highest BCUT2D eigenvalue weighted by Gasteiger charge is 2.16. The number of esters is 1. The van der Waals surface area contributed by atoms with Gasteiger partial charge in [0.05, 0.1) is 12.3 Å². The maximum atomic E-state index is 11.5. The zero-order valence-corrected chi connectivity index (χ0v) is 10.3. The SMILES string of the molecule is CCCCOC(=O)C(C)Oc1ccccc1N.